The van der Waals surface area contributed by atoms with E-state index in [1.54, 1.807) is 10.9 Å². The highest BCUT2D eigenvalue weighted by Crippen LogP contribution is 2.21. The third-order valence-electron chi connectivity index (χ3n) is 3.10. The van der Waals surface area contributed by atoms with E-state index in [4.69, 9.17) is 5.73 Å². The quantitative estimate of drug-likeness (QED) is 0.778. The number of nitrogens with one attached hydrogen (secondary N) is 1. The molecule has 1 aromatic heterocycles. The fourth-order valence-electron chi connectivity index (χ4n) is 2.26. The number of nitrogens with zero attached hydrogens (tertiary/aromatic N) is 2. The van der Waals surface area contributed by atoms with Gasteiger partial charge in [-0.15, -0.1) is 0 Å². The number of rotatable bonds is 4. The molecule has 0 aliphatic heterocycles. The lowest BCUT2D eigenvalue weighted by atomic mass is 10.1. The SMILES string of the molecule is Cn1cc(C(NC2CCCC2)C(N)=O)cn1. The summed E-state index contributed by atoms with van der Waals surface area (Å²) in [6.07, 6.45) is 8.25. The molecule has 1 aliphatic carbocycles. The summed E-state index contributed by atoms with van der Waals surface area (Å²) in [5.74, 6) is -0.333. The fourth-order valence-corrected chi connectivity index (χ4v) is 2.26. The molecule has 1 aliphatic rings. The normalized spacial score (nSPS) is 18.8. The van der Waals surface area contributed by atoms with E-state index in [0.29, 0.717) is 6.04 Å². The third kappa shape index (κ3) is 2.41. The molecule has 5 heteroatoms. The lowest BCUT2D eigenvalue weighted by molar-refractivity contribution is -0.120. The molecule has 1 saturated carbocycles. The summed E-state index contributed by atoms with van der Waals surface area (Å²) in [4.78, 5) is 11.4. The number of primary amides is 1. The van der Waals surface area contributed by atoms with Crippen molar-refractivity contribution in [3.63, 3.8) is 0 Å². The summed E-state index contributed by atoms with van der Waals surface area (Å²) >= 11 is 0. The van der Waals surface area contributed by atoms with Crippen LogP contribution in [0.25, 0.3) is 0 Å². The minimum atomic E-state index is -0.406. The van der Waals surface area contributed by atoms with E-state index in [1.807, 2.05) is 13.2 Å². The first-order valence-electron chi connectivity index (χ1n) is 5.70. The van der Waals surface area contributed by atoms with Gasteiger partial charge in [0.25, 0.3) is 0 Å². The number of hydrogen-bond acceptors (Lipinski definition) is 3. The van der Waals surface area contributed by atoms with Crippen molar-refractivity contribution in [1.29, 1.82) is 0 Å². The molecule has 0 spiro atoms. The van der Waals surface area contributed by atoms with Crippen molar-refractivity contribution >= 4 is 5.91 Å². The number of carbonyl (C=O) groups excluding carboxylic acids is 1. The van der Waals surface area contributed by atoms with E-state index in [2.05, 4.69) is 10.4 Å². The maximum atomic E-state index is 11.4. The van der Waals surface area contributed by atoms with Crippen LogP contribution in [0.4, 0.5) is 0 Å². The Hall–Kier alpha value is -1.36. The number of amides is 1. The van der Waals surface area contributed by atoms with E-state index in [1.165, 1.54) is 12.8 Å². The first-order valence-corrected chi connectivity index (χ1v) is 5.70. The van der Waals surface area contributed by atoms with Gasteiger partial charge in [-0.3, -0.25) is 14.8 Å². The van der Waals surface area contributed by atoms with Crippen LogP contribution in [0.3, 0.4) is 0 Å². The van der Waals surface area contributed by atoms with Crippen LogP contribution in [0.2, 0.25) is 0 Å². The van der Waals surface area contributed by atoms with Gasteiger partial charge in [-0.2, -0.15) is 5.10 Å². The molecule has 0 aromatic carbocycles. The van der Waals surface area contributed by atoms with Crippen LogP contribution in [-0.2, 0) is 11.8 Å². The molecular weight excluding hydrogens is 204 g/mol. The van der Waals surface area contributed by atoms with Gasteiger partial charge in [0.2, 0.25) is 5.91 Å². The minimum Gasteiger partial charge on any atom is -0.368 e. The van der Waals surface area contributed by atoms with Crippen LogP contribution in [0.1, 0.15) is 37.3 Å². The largest absolute Gasteiger partial charge is 0.368 e. The topological polar surface area (TPSA) is 72.9 Å². The van der Waals surface area contributed by atoms with E-state index < -0.39 is 6.04 Å². The van der Waals surface area contributed by atoms with Gasteiger partial charge < -0.3 is 5.73 Å². The molecule has 1 atom stereocenters. The standard InChI is InChI=1S/C11H18N4O/c1-15-7-8(6-13-15)10(11(12)16)14-9-4-2-3-5-9/h6-7,9-10,14H,2-5H2,1H3,(H2,12,16). The molecule has 16 heavy (non-hydrogen) atoms. The van der Waals surface area contributed by atoms with E-state index in [9.17, 15) is 4.79 Å². The molecular formula is C11H18N4O. The summed E-state index contributed by atoms with van der Waals surface area (Å²) in [6.45, 7) is 0. The van der Waals surface area contributed by atoms with Crippen LogP contribution in [0, 0.1) is 0 Å². The van der Waals surface area contributed by atoms with Gasteiger partial charge in [-0.05, 0) is 12.8 Å². The second-order valence-corrected chi connectivity index (χ2v) is 4.43. The predicted octanol–water partition coefficient (Wildman–Crippen LogP) is 0.479. The van der Waals surface area contributed by atoms with Crippen LogP contribution in [0.15, 0.2) is 12.4 Å². The van der Waals surface area contributed by atoms with Crippen molar-refractivity contribution in [2.24, 2.45) is 12.8 Å². The van der Waals surface area contributed by atoms with Crippen molar-refractivity contribution in [3.8, 4) is 0 Å². The Labute approximate surface area is 95.0 Å². The van der Waals surface area contributed by atoms with Gasteiger partial charge in [0.1, 0.15) is 6.04 Å². The number of aromatic nitrogens is 2. The van der Waals surface area contributed by atoms with Crippen molar-refractivity contribution in [2.45, 2.75) is 37.8 Å². The minimum absolute atomic E-state index is 0.333. The molecule has 1 heterocycles. The summed E-state index contributed by atoms with van der Waals surface area (Å²) in [7, 11) is 1.83. The Kier molecular flexibility index (Phi) is 3.24. The summed E-state index contributed by atoms with van der Waals surface area (Å²) in [5.41, 5.74) is 6.27. The second kappa shape index (κ2) is 4.65. The fraction of sp³-hybridized carbons (Fsp3) is 0.636. The lowest BCUT2D eigenvalue weighted by Gasteiger charge is -2.18. The molecule has 0 saturated heterocycles. The third-order valence-corrected chi connectivity index (χ3v) is 3.10. The average Bonchev–Trinajstić information content (AvgIpc) is 2.84. The van der Waals surface area contributed by atoms with Crippen LogP contribution < -0.4 is 11.1 Å². The van der Waals surface area contributed by atoms with Crippen molar-refractivity contribution in [2.75, 3.05) is 0 Å². The Morgan fingerprint density at radius 2 is 2.31 bits per heavy atom. The van der Waals surface area contributed by atoms with E-state index >= 15 is 0 Å². The summed E-state index contributed by atoms with van der Waals surface area (Å²) in [5, 5.41) is 7.38. The molecule has 2 rings (SSSR count). The molecule has 1 aromatic rings. The van der Waals surface area contributed by atoms with E-state index in [-0.39, 0.29) is 5.91 Å². The molecule has 88 valence electrons. The summed E-state index contributed by atoms with van der Waals surface area (Å²) < 4.78 is 1.68. The first-order chi connectivity index (χ1) is 7.66. The number of aryl methyl sites for hydroxylation is 1. The predicted molar refractivity (Wildman–Crippen MR) is 60.5 cm³/mol. The van der Waals surface area contributed by atoms with Crippen LogP contribution >= 0.6 is 0 Å². The zero-order chi connectivity index (χ0) is 11.5. The van der Waals surface area contributed by atoms with Gasteiger partial charge in [-0.1, -0.05) is 12.8 Å². The van der Waals surface area contributed by atoms with Gasteiger partial charge in [0.05, 0.1) is 6.20 Å². The van der Waals surface area contributed by atoms with Gasteiger partial charge >= 0.3 is 0 Å². The van der Waals surface area contributed by atoms with Crippen molar-refractivity contribution in [1.82, 2.24) is 15.1 Å². The highest BCUT2D eigenvalue weighted by molar-refractivity contribution is 5.81. The number of hydrogen-bond donors (Lipinski definition) is 2. The molecule has 0 radical (unpaired) electrons. The maximum absolute atomic E-state index is 11.4. The molecule has 5 nitrogen and oxygen atoms in total. The maximum Gasteiger partial charge on any atom is 0.239 e. The van der Waals surface area contributed by atoms with E-state index in [0.717, 1.165) is 18.4 Å². The Bertz CT molecular complexity index is 368. The monoisotopic (exact) mass is 222 g/mol. The van der Waals surface area contributed by atoms with Crippen molar-refractivity contribution in [3.05, 3.63) is 18.0 Å². The smallest absolute Gasteiger partial charge is 0.239 e. The highest BCUT2D eigenvalue weighted by atomic mass is 16.1. The zero-order valence-electron chi connectivity index (χ0n) is 9.52. The van der Waals surface area contributed by atoms with Crippen molar-refractivity contribution < 1.29 is 4.79 Å². The molecule has 1 amide bonds. The Balaban J connectivity index is 2.07. The molecule has 3 N–H and O–H groups in total. The van der Waals surface area contributed by atoms with Gasteiger partial charge in [-0.25, -0.2) is 0 Å². The lowest BCUT2D eigenvalue weighted by Crippen LogP contribution is -2.38. The Morgan fingerprint density at radius 3 is 2.81 bits per heavy atom. The Morgan fingerprint density at radius 1 is 1.62 bits per heavy atom. The molecule has 1 fully saturated rings. The summed E-state index contributed by atoms with van der Waals surface area (Å²) in [6, 6.07) is 0.00880. The number of carbonyl (C=O) groups is 1. The first kappa shape index (κ1) is 11.1. The molecule has 0 bridgehead atoms. The molecule has 1 unspecified atom stereocenters. The zero-order valence-corrected chi connectivity index (χ0v) is 9.52. The van der Waals surface area contributed by atoms with Crippen LogP contribution in [0.5, 0.6) is 0 Å². The number of nitrogens with two attached hydrogens (primary N) is 1. The van der Waals surface area contributed by atoms with Crippen LogP contribution in [-0.4, -0.2) is 21.7 Å². The average molecular weight is 222 g/mol. The van der Waals surface area contributed by atoms with Gasteiger partial charge in [0.15, 0.2) is 0 Å². The van der Waals surface area contributed by atoms with Gasteiger partial charge in [0, 0.05) is 24.8 Å². The highest BCUT2D eigenvalue weighted by Gasteiger charge is 2.24. The second-order valence-electron chi connectivity index (χ2n) is 4.43.